The van der Waals surface area contributed by atoms with Crippen molar-refractivity contribution < 1.29 is 6.85 Å². The SMILES string of the molecule is [2H]c1cc([2H])c2c(c1)c1cc([2H])c3c4cc([2H])cc([2H])c4n(-c4ccc(-c5ccccc5)cc4)c3c1n2-c1nc(-c2ccccc2)nc(-c2ccccc2)n1. The van der Waals surface area contributed by atoms with Crippen LogP contribution in [0.25, 0.3) is 89.2 Å². The van der Waals surface area contributed by atoms with Crippen LogP contribution in [0.5, 0.6) is 0 Å². The number of para-hydroxylation sites is 2. The smallest absolute Gasteiger partial charge is 0.238 e. The van der Waals surface area contributed by atoms with Crippen LogP contribution in [0, 0.1) is 0 Å². The predicted octanol–water partition coefficient (Wildman–Crippen LogP) is 11.1. The first-order valence-electron chi connectivity index (χ1n) is 18.9. The molecular weight excluding hydrogens is 611 g/mol. The van der Waals surface area contributed by atoms with Gasteiger partial charge in [-0.2, -0.15) is 9.97 Å². The Kier molecular flexibility index (Phi) is 5.35. The average molecular weight is 645 g/mol. The molecule has 0 saturated heterocycles. The highest BCUT2D eigenvalue weighted by molar-refractivity contribution is 6.23. The third-order valence-electron chi connectivity index (χ3n) is 9.20. The van der Waals surface area contributed by atoms with Crippen LogP contribution in [0.2, 0.25) is 0 Å². The second kappa shape index (κ2) is 11.4. The summed E-state index contributed by atoms with van der Waals surface area (Å²) < 4.78 is 49.1. The van der Waals surface area contributed by atoms with E-state index in [1.54, 1.807) is 18.2 Å². The number of hydrogen-bond acceptors (Lipinski definition) is 3. The largest absolute Gasteiger partial charge is 0.307 e. The van der Waals surface area contributed by atoms with Gasteiger partial charge in [-0.1, -0.05) is 152 Å². The van der Waals surface area contributed by atoms with E-state index in [2.05, 4.69) is 12.1 Å². The highest BCUT2D eigenvalue weighted by Crippen LogP contribution is 2.41. The van der Waals surface area contributed by atoms with Crippen molar-refractivity contribution in [1.29, 1.82) is 0 Å². The minimum Gasteiger partial charge on any atom is -0.307 e. The van der Waals surface area contributed by atoms with Crippen molar-refractivity contribution in [1.82, 2.24) is 24.1 Å². The third kappa shape index (κ3) is 4.45. The first kappa shape index (κ1) is 23.5. The molecule has 3 heterocycles. The zero-order valence-corrected chi connectivity index (χ0v) is 26.6. The number of rotatable bonds is 5. The second-order valence-electron chi connectivity index (χ2n) is 12.1. The standard InChI is InChI=1S/C45H29N5/c1-4-14-30(15-5-1)31-24-26-34(27-25-31)49-39-22-12-10-20-35(39)37-28-29-38-36-21-11-13-23-40(36)50(42(38)41(37)49)45-47-43(32-16-6-2-7-17-32)46-44(48-45)33-18-8-3-9-19-33/h1-29H/i10D,11D,22D,23D,28D. The summed E-state index contributed by atoms with van der Waals surface area (Å²) in [5, 5.41) is 2.40. The van der Waals surface area contributed by atoms with Gasteiger partial charge < -0.3 is 4.57 Å². The van der Waals surface area contributed by atoms with E-state index in [9.17, 15) is 4.11 Å². The Morgan fingerprint density at radius 3 is 1.48 bits per heavy atom. The van der Waals surface area contributed by atoms with E-state index in [-0.39, 0.29) is 36.2 Å². The fraction of sp³-hybridized carbons (Fsp3) is 0. The molecule has 0 aliphatic heterocycles. The average Bonchev–Trinajstić information content (AvgIpc) is 3.73. The molecule has 0 bridgehead atoms. The van der Waals surface area contributed by atoms with Crippen molar-refractivity contribution in [3.8, 4) is 45.5 Å². The molecule has 0 spiro atoms. The Morgan fingerprint density at radius 1 is 0.380 bits per heavy atom. The van der Waals surface area contributed by atoms with Gasteiger partial charge in [-0.3, -0.25) is 4.57 Å². The van der Waals surface area contributed by atoms with Crippen molar-refractivity contribution in [2.24, 2.45) is 0 Å². The van der Waals surface area contributed by atoms with E-state index in [4.69, 9.17) is 17.7 Å². The molecule has 5 heteroatoms. The normalized spacial score (nSPS) is 13.0. The van der Waals surface area contributed by atoms with E-state index in [1.807, 2.05) is 112 Å². The molecule has 0 atom stereocenters. The monoisotopic (exact) mass is 644 g/mol. The summed E-state index contributed by atoms with van der Waals surface area (Å²) in [6.07, 6.45) is 0. The lowest BCUT2D eigenvalue weighted by atomic mass is 10.1. The van der Waals surface area contributed by atoms with Crippen LogP contribution in [0.3, 0.4) is 0 Å². The summed E-state index contributed by atoms with van der Waals surface area (Å²) in [7, 11) is 0. The molecule has 0 radical (unpaired) electrons. The maximum atomic E-state index is 9.50. The van der Waals surface area contributed by atoms with Crippen LogP contribution < -0.4 is 0 Å². The highest BCUT2D eigenvalue weighted by atomic mass is 15.2. The predicted molar refractivity (Wildman–Crippen MR) is 205 cm³/mol. The van der Waals surface area contributed by atoms with Crippen LogP contribution in [0.1, 0.15) is 6.85 Å². The van der Waals surface area contributed by atoms with Gasteiger partial charge in [0.2, 0.25) is 5.95 Å². The lowest BCUT2D eigenvalue weighted by molar-refractivity contribution is 0.953. The Hall–Kier alpha value is -6.85. The summed E-state index contributed by atoms with van der Waals surface area (Å²) in [4.78, 5) is 15.1. The molecule has 0 N–H and O–H groups in total. The van der Waals surface area contributed by atoms with Crippen LogP contribution in [-0.2, 0) is 0 Å². The molecule has 3 aromatic heterocycles. The quantitative estimate of drug-likeness (QED) is 0.187. The van der Waals surface area contributed by atoms with Crippen LogP contribution in [-0.4, -0.2) is 24.1 Å². The maximum Gasteiger partial charge on any atom is 0.238 e. The van der Waals surface area contributed by atoms with Crippen molar-refractivity contribution >= 4 is 43.6 Å². The zero-order chi connectivity index (χ0) is 37.4. The molecule has 5 nitrogen and oxygen atoms in total. The fourth-order valence-electron chi connectivity index (χ4n) is 6.92. The topological polar surface area (TPSA) is 48.5 Å². The van der Waals surface area contributed by atoms with E-state index in [0.717, 1.165) is 27.9 Å². The van der Waals surface area contributed by atoms with Gasteiger partial charge >= 0.3 is 0 Å². The van der Waals surface area contributed by atoms with Crippen LogP contribution in [0.15, 0.2) is 176 Å². The first-order chi connectivity index (χ1) is 26.8. The maximum absolute atomic E-state index is 9.50. The molecule has 0 amide bonds. The minimum atomic E-state index is 0.103. The summed E-state index contributed by atoms with van der Waals surface area (Å²) >= 11 is 0. The van der Waals surface area contributed by atoms with Gasteiger partial charge in [0.05, 0.1) is 28.9 Å². The number of benzene rings is 7. The summed E-state index contributed by atoms with van der Waals surface area (Å²) in [5.74, 6) is 1.16. The lowest BCUT2D eigenvalue weighted by Gasteiger charge is -2.13. The summed E-state index contributed by atoms with van der Waals surface area (Å²) in [5.41, 5.74) is 6.67. The molecule has 50 heavy (non-hydrogen) atoms. The number of fused-ring (bicyclic) bond motifs is 7. The lowest BCUT2D eigenvalue weighted by Crippen LogP contribution is -2.07. The molecule has 7 aromatic carbocycles. The van der Waals surface area contributed by atoms with Gasteiger partial charge in [-0.15, -0.1) is 0 Å². The Bertz CT molecular complexity index is 3070. The molecule has 0 aliphatic carbocycles. The van der Waals surface area contributed by atoms with Crippen molar-refractivity contribution in [3.05, 3.63) is 176 Å². The van der Waals surface area contributed by atoms with E-state index in [0.29, 0.717) is 55.3 Å². The number of nitrogens with zero attached hydrogens (tertiary/aromatic N) is 5. The highest BCUT2D eigenvalue weighted by Gasteiger charge is 2.23. The molecule has 10 aromatic rings. The minimum absolute atomic E-state index is 0.103. The Morgan fingerprint density at radius 2 is 0.880 bits per heavy atom. The fourth-order valence-corrected chi connectivity index (χ4v) is 6.92. The van der Waals surface area contributed by atoms with Crippen molar-refractivity contribution in [2.45, 2.75) is 0 Å². The Labute approximate surface area is 295 Å². The van der Waals surface area contributed by atoms with E-state index < -0.39 is 0 Å². The first-order valence-corrected chi connectivity index (χ1v) is 16.4. The van der Waals surface area contributed by atoms with Gasteiger partial charge in [0.25, 0.3) is 0 Å². The van der Waals surface area contributed by atoms with Gasteiger partial charge in [0.1, 0.15) is 0 Å². The molecule has 10 rings (SSSR count). The summed E-state index contributed by atoms with van der Waals surface area (Å²) in [6, 6.07) is 46.5. The summed E-state index contributed by atoms with van der Waals surface area (Å²) in [6.45, 7) is 0. The van der Waals surface area contributed by atoms with Crippen molar-refractivity contribution in [2.75, 3.05) is 0 Å². The third-order valence-corrected chi connectivity index (χ3v) is 9.20. The molecular formula is C45H29N5. The van der Waals surface area contributed by atoms with Gasteiger partial charge in [0.15, 0.2) is 11.6 Å². The van der Waals surface area contributed by atoms with Gasteiger partial charge in [0, 0.05) is 38.4 Å². The van der Waals surface area contributed by atoms with Crippen LogP contribution >= 0.6 is 0 Å². The number of hydrogen-bond donors (Lipinski definition) is 0. The molecule has 234 valence electrons. The molecule has 0 fully saturated rings. The van der Waals surface area contributed by atoms with Crippen LogP contribution in [0.4, 0.5) is 0 Å². The van der Waals surface area contributed by atoms with Gasteiger partial charge in [-0.25, -0.2) is 4.98 Å². The molecule has 0 aliphatic rings. The molecule has 0 unspecified atom stereocenters. The Balaban J connectivity index is 1.40. The van der Waals surface area contributed by atoms with E-state index >= 15 is 0 Å². The van der Waals surface area contributed by atoms with E-state index in [1.165, 1.54) is 12.1 Å². The van der Waals surface area contributed by atoms with Crippen molar-refractivity contribution in [3.63, 3.8) is 0 Å². The molecule has 0 saturated carbocycles. The second-order valence-corrected chi connectivity index (χ2v) is 12.1. The van der Waals surface area contributed by atoms with Gasteiger partial charge in [-0.05, 0) is 35.3 Å². The zero-order valence-electron chi connectivity index (χ0n) is 31.6. The number of aromatic nitrogens is 5.